The van der Waals surface area contributed by atoms with Crippen LogP contribution in [0, 0.1) is 28.4 Å². The molecule has 0 bridgehead atoms. The van der Waals surface area contributed by atoms with Crippen LogP contribution in [-0.2, 0) is 4.79 Å². The molecule has 0 atom stereocenters. The number of nitriles is 1. The van der Waals surface area contributed by atoms with E-state index in [0.29, 0.717) is 11.6 Å². The van der Waals surface area contributed by atoms with E-state index in [2.05, 4.69) is 5.16 Å². The van der Waals surface area contributed by atoms with Gasteiger partial charge in [0.15, 0.2) is 11.3 Å². The van der Waals surface area contributed by atoms with Gasteiger partial charge in [0.25, 0.3) is 5.91 Å². The van der Waals surface area contributed by atoms with E-state index in [0.717, 1.165) is 11.0 Å². The van der Waals surface area contributed by atoms with Crippen molar-refractivity contribution in [1.29, 1.82) is 5.26 Å². The maximum Gasteiger partial charge on any atom is 0.315 e. The summed E-state index contributed by atoms with van der Waals surface area (Å²) < 4.78 is 4.89. The minimum absolute atomic E-state index is 0.0371. The van der Waals surface area contributed by atoms with Crippen molar-refractivity contribution < 1.29 is 29.6 Å². The molecule has 0 fully saturated rings. The van der Waals surface area contributed by atoms with E-state index in [-0.39, 0.29) is 5.88 Å². The van der Waals surface area contributed by atoms with Crippen LogP contribution < -0.4 is 4.90 Å². The van der Waals surface area contributed by atoms with E-state index >= 15 is 0 Å². The molecule has 0 radical (unpaired) electrons. The highest BCUT2D eigenvalue weighted by Crippen LogP contribution is 2.38. The first-order chi connectivity index (χ1) is 12.2. The third-order valence-electron chi connectivity index (χ3n) is 3.43. The minimum Gasteiger partial charge on any atom is -0.506 e. The van der Waals surface area contributed by atoms with E-state index in [1.165, 1.54) is 19.3 Å². The van der Waals surface area contributed by atoms with Crippen LogP contribution in [-0.4, -0.2) is 38.4 Å². The molecule has 134 valence electrons. The number of carbonyl (C=O) groups is 1. The molecule has 1 aromatic heterocycles. The second kappa shape index (κ2) is 6.81. The molecule has 1 heterocycles. The molecule has 0 saturated heterocycles. The number of anilines is 1. The van der Waals surface area contributed by atoms with Crippen molar-refractivity contribution in [1.82, 2.24) is 5.16 Å². The summed E-state index contributed by atoms with van der Waals surface area (Å²) in [6.07, 6.45) is 1.34. The van der Waals surface area contributed by atoms with Crippen molar-refractivity contribution in [3.05, 3.63) is 45.1 Å². The number of nitro groups is 1. The van der Waals surface area contributed by atoms with Crippen molar-refractivity contribution in [2.75, 3.05) is 11.9 Å². The van der Waals surface area contributed by atoms with Gasteiger partial charge in [-0.2, -0.15) is 5.26 Å². The summed E-state index contributed by atoms with van der Waals surface area (Å²) in [7, 11) is 1.28. The van der Waals surface area contributed by atoms with Gasteiger partial charge in [-0.25, -0.2) is 0 Å². The standard InChI is InChI=1S/C15H12N4O7/c1-7-6-17-26-15(7)18(2)14(23)9(5-16)12(21)8-3-10(19(24)25)13(22)11(20)4-8/h3-4,6,20-22H,1-2H3/b12-9-. The first-order valence-electron chi connectivity index (χ1n) is 6.92. The fourth-order valence-corrected chi connectivity index (χ4v) is 2.09. The number of phenolic OH excluding ortho intramolecular Hbond substituents is 2. The van der Waals surface area contributed by atoms with E-state index in [4.69, 9.17) is 4.52 Å². The Morgan fingerprint density at radius 2 is 2.08 bits per heavy atom. The zero-order valence-corrected chi connectivity index (χ0v) is 13.5. The molecule has 0 aliphatic heterocycles. The number of aliphatic hydroxyl groups is 1. The van der Waals surface area contributed by atoms with Gasteiger partial charge in [-0.05, 0) is 13.0 Å². The summed E-state index contributed by atoms with van der Waals surface area (Å²) in [5.41, 5.74) is -1.58. The predicted octanol–water partition coefficient (Wildman–Crippen LogP) is 1.76. The number of phenols is 2. The van der Waals surface area contributed by atoms with Crippen LogP contribution in [0.25, 0.3) is 5.76 Å². The molecular formula is C15H12N4O7. The average molecular weight is 360 g/mol. The summed E-state index contributed by atoms with van der Waals surface area (Å²) >= 11 is 0. The lowest BCUT2D eigenvalue weighted by Gasteiger charge is -2.14. The molecule has 26 heavy (non-hydrogen) atoms. The number of nitro benzene ring substituents is 1. The Bertz CT molecular complexity index is 971. The zero-order valence-electron chi connectivity index (χ0n) is 13.5. The lowest BCUT2D eigenvalue weighted by atomic mass is 10.1. The molecule has 3 N–H and O–H groups in total. The van der Waals surface area contributed by atoms with Gasteiger partial charge in [-0.3, -0.25) is 19.8 Å². The number of amides is 1. The normalized spacial score (nSPS) is 11.4. The van der Waals surface area contributed by atoms with Crippen molar-refractivity contribution in [3.63, 3.8) is 0 Å². The molecule has 0 saturated carbocycles. The number of carbonyl (C=O) groups excluding carboxylic acids is 1. The average Bonchev–Trinajstić information content (AvgIpc) is 3.02. The third-order valence-corrected chi connectivity index (χ3v) is 3.43. The molecule has 2 rings (SSSR count). The topological polar surface area (TPSA) is 174 Å². The van der Waals surface area contributed by atoms with E-state index < -0.39 is 44.9 Å². The highest BCUT2D eigenvalue weighted by molar-refractivity contribution is 6.11. The van der Waals surface area contributed by atoms with Crippen molar-refractivity contribution >= 4 is 23.2 Å². The Morgan fingerprint density at radius 3 is 2.58 bits per heavy atom. The van der Waals surface area contributed by atoms with Gasteiger partial charge in [0, 0.05) is 24.2 Å². The number of rotatable bonds is 4. The molecular weight excluding hydrogens is 348 g/mol. The van der Waals surface area contributed by atoms with E-state index in [9.17, 15) is 35.5 Å². The number of aliphatic hydroxyl groups excluding tert-OH is 1. The lowest BCUT2D eigenvalue weighted by molar-refractivity contribution is -0.386. The van der Waals surface area contributed by atoms with Gasteiger partial charge >= 0.3 is 5.69 Å². The fraction of sp³-hybridized carbons (Fsp3) is 0.133. The first kappa shape index (κ1) is 18.3. The predicted molar refractivity (Wildman–Crippen MR) is 86.2 cm³/mol. The number of likely N-dealkylation sites (N-methyl/N-ethyl adjacent to an activating group) is 1. The zero-order chi connectivity index (χ0) is 19.6. The van der Waals surface area contributed by atoms with Crippen molar-refractivity contribution in [3.8, 4) is 17.6 Å². The molecule has 0 aliphatic rings. The molecule has 0 spiro atoms. The Balaban J connectivity index is 2.56. The quantitative estimate of drug-likeness (QED) is 0.183. The van der Waals surface area contributed by atoms with Crippen LogP contribution in [0.4, 0.5) is 11.6 Å². The van der Waals surface area contributed by atoms with Crippen LogP contribution >= 0.6 is 0 Å². The molecule has 11 heteroatoms. The second-order valence-corrected chi connectivity index (χ2v) is 5.13. The Labute approximate surface area is 145 Å². The monoisotopic (exact) mass is 360 g/mol. The number of hydrogen-bond acceptors (Lipinski definition) is 9. The number of hydrogen-bond donors (Lipinski definition) is 3. The molecule has 0 unspecified atom stereocenters. The van der Waals surface area contributed by atoms with Crippen LogP contribution in [0.2, 0.25) is 0 Å². The first-order valence-corrected chi connectivity index (χ1v) is 6.92. The number of aromatic hydroxyl groups is 2. The van der Waals surface area contributed by atoms with Gasteiger partial charge < -0.3 is 19.8 Å². The highest BCUT2D eigenvalue weighted by atomic mass is 16.6. The summed E-state index contributed by atoms with van der Waals surface area (Å²) in [5, 5.41) is 52.9. The van der Waals surface area contributed by atoms with E-state index in [1.54, 1.807) is 6.92 Å². The van der Waals surface area contributed by atoms with Crippen LogP contribution in [0.5, 0.6) is 11.5 Å². The Morgan fingerprint density at radius 1 is 1.42 bits per heavy atom. The molecule has 1 amide bonds. The van der Waals surface area contributed by atoms with Gasteiger partial charge in [0.05, 0.1) is 11.1 Å². The fourth-order valence-electron chi connectivity index (χ4n) is 2.09. The van der Waals surface area contributed by atoms with Gasteiger partial charge in [-0.1, -0.05) is 5.16 Å². The SMILES string of the molecule is Cc1cnoc1N(C)C(=O)/C(C#N)=C(\O)c1cc(O)c(O)c([N+](=O)[O-])c1. The maximum atomic E-state index is 12.5. The van der Waals surface area contributed by atoms with E-state index in [1.807, 2.05) is 0 Å². The minimum atomic E-state index is -1.01. The molecule has 11 nitrogen and oxygen atoms in total. The van der Waals surface area contributed by atoms with Gasteiger partial charge in [0.1, 0.15) is 11.8 Å². The summed E-state index contributed by atoms with van der Waals surface area (Å²) in [4.78, 5) is 23.3. The maximum absolute atomic E-state index is 12.5. The van der Waals surface area contributed by atoms with Crippen LogP contribution in [0.3, 0.4) is 0 Å². The number of aromatic nitrogens is 1. The Kier molecular flexibility index (Phi) is 4.79. The molecule has 0 aliphatic carbocycles. The lowest BCUT2D eigenvalue weighted by Crippen LogP contribution is -2.28. The van der Waals surface area contributed by atoms with Crippen LogP contribution in [0.15, 0.2) is 28.4 Å². The van der Waals surface area contributed by atoms with Gasteiger partial charge in [0.2, 0.25) is 11.6 Å². The third kappa shape index (κ3) is 3.11. The van der Waals surface area contributed by atoms with Gasteiger partial charge in [-0.15, -0.1) is 0 Å². The van der Waals surface area contributed by atoms with Crippen molar-refractivity contribution in [2.45, 2.75) is 6.92 Å². The van der Waals surface area contributed by atoms with Crippen LogP contribution in [0.1, 0.15) is 11.1 Å². The smallest absolute Gasteiger partial charge is 0.315 e. The second-order valence-electron chi connectivity index (χ2n) is 5.13. The summed E-state index contributed by atoms with van der Waals surface area (Å²) in [6, 6.07) is 3.00. The summed E-state index contributed by atoms with van der Waals surface area (Å²) in [5.74, 6) is -3.76. The number of aryl methyl sites for hydroxylation is 1. The largest absolute Gasteiger partial charge is 0.506 e. The highest BCUT2D eigenvalue weighted by Gasteiger charge is 2.27. The molecule has 2 aromatic rings. The number of nitrogens with zero attached hydrogens (tertiary/aromatic N) is 4. The number of benzene rings is 1. The summed E-state index contributed by atoms with van der Waals surface area (Å²) in [6.45, 7) is 1.60. The Hall–Kier alpha value is -4.07. The molecule has 1 aromatic carbocycles. The van der Waals surface area contributed by atoms with Crippen molar-refractivity contribution in [2.24, 2.45) is 0 Å².